The van der Waals surface area contributed by atoms with E-state index in [-0.39, 0.29) is 6.04 Å². The number of thioether (sulfide) groups is 1. The Labute approximate surface area is 80.2 Å². The molecular weight excluding hydrogens is 170 g/mol. The molecule has 74 valence electrons. The van der Waals surface area contributed by atoms with Crippen molar-refractivity contribution in [1.82, 2.24) is 0 Å². The Morgan fingerprint density at radius 2 is 2.08 bits per heavy atom. The molecule has 0 fully saturated rings. The molecule has 1 unspecified atom stereocenters. The third kappa shape index (κ3) is 8.37. The average molecular weight is 191 g/mol. The first kappa shape index (κ1) is 12.3. The van der Waals surface area contributed by atoms with Crippen LogP contribution in [0.2, 0.25) is 0 Å². The molecule has 2 N–H and O–H groups in total. The van der Waals surface area contributed by atoms with Crippen LogP contribution in [0.5, 0.6) is 0 Å². The predicted molar refractivity (Wildman–Crippen MR) is 56.6 cm³/mol. The summed E-state index contributed by atoms with van der Waals surface area (Å²) in [6.07, 6.45) is 1.28. The first-order valence-corrected chi connectivity index (χ1v) is 5.64. The van der Waals surface area contributed by atoms with Crippen molar-refractivity contribution in [2.75, 3.05) is 25.2 Å². The molecule has 0 aliphatic carbocycles. The normalized spacial score (nSPS) is 13.8. The van der Waals surface area contributed by atoms with Crippen molar-refractivity contribution in [1.29, 1.82) is 0 Å². The quantitative estimate of drug-likeness (QED) is 0.623. The van der Waals surface area contributed by atoms with Gasteiger partial charge in [-0.2, -0.15) is 11.8 Å². The lowest BCUT2D eigenvalue weighted by atomic mass is 10.2. The zero-order chi connectivity index (χ0) is 9.40. The minimum absolute atomic E-state index is 0.201. The van der Waals surface area contributed by atoms with Gasteiger partial charge >= 0.3 is 0 Å². The Kier molecular flexibility index (Phi) is 8.07. The first-order valence-electron chi connectivity index (χ1n) is 4.49. The second-order valence-corrected chi connectivity index (χ2v) is 4.62. The van der Waals surface area contributed by atoms with Crippen LogP contribution in [0.25, 0.3) is 0 Å². The van der Waals surface area contributed by atoms with Crippen LogP contribution in [0, 0.1) is 5.92 Å². The Bertz CT molecular complexity index is 98.5. The van der Waals surface area contributed by atoms with E-state index in [1.165, 1.54) is 12.2 Å². The van der Waals surface area contributed by atoms with Crippen LogP contribution < -0.4 is 5.73 Å². The fraction of sp³-hybridized carbons (Fsp3) is 1.00. The maximum atomic E-state index is 5.76. The standard InChI is InChI=1S/C9H21NOS/c1-8(2)4-5-12-7-9(10)6-11-3/h8-9H,4-7,10H2,1-3H3. The van der Waals surface area contributed by atoms with Crippen molar-refractivity contribution in [3.05, 3.63) is 0 Å². The number of hydrogen-bond acceptors (Lipinski definition) is 3. The van der Waals surface area contributed by atoms with Gasteiger partial charge in [0, 0.05) is 18.9 Å². The Morgan fingerprint density at radius 1 is 1.42 bits per heavy atom. The molecule has 0 rings (SSSR count). The van der Waals surface area contributed by atoms with Gasteiger partial charge in [-0.25, -0.2) is 0 Å². The van der Waals surface area contributed by atoms with E-state index in [0.717, 1.165) is 11.7 Å². The highest BCUT2D eigenvalue weighted by Gasteiger charge is 2.01. The van der Waals surface area contributed by atoms with Gasteiger partial charge in [-0.1, -0.05) is 13.8 Å². The van der Waals surface area contributed by atoms with Gasteiger partial charge in [-0.3, -0.25) is 0 Å². The molecule has 12 heavy (non-hydrogen) atoms. The molecule has 0 aliphatic rings. The summed E-state index contributed by atoms with van der Waals surface area (Å²) < 4.78 is 4.94. The van der Waals surface area contributed by atoms with Crippen LogP contribution in [0.3, 0.4) is 0 Å². The van der Waals surface area contributed by atoms with Crippen LogP contribution in [0.1, 0.15) is 20.3 Å². The SMILES string of the molecule is COCC(N)CSCCC(C)C. The van der Waals surface area contributed by atoms with Gasteiger partial charge in [-0.15, -0.1) is 0 Å². The van der Waals surface area contributed by atoms with Gasteiger partial charge in [0.1, 0.15) is 0 Å². The van der Waals surface area contributed by atoms with Crippen LogP contribution >= 0.6 is 11.8 Å². The minimum atomic E-state index is 0.201. The minimum Gasteiger partial charge on any atom is -0.383 e. The fourth-order valence-electron chi connectivity index (χ4n) is 0.816. The fourth-order valence-corrected chi connectivity index (χ4v) is 2.02. The van der Waals surface area contributed by atoms with Gasteiger partial charge in [0.15, 0.2) is 0 Å². The largest absolute Gasteiger partial charge is 0.383 e. The molecule has 0 spiro atoms. The van der Waals surface area contributed by atoms with E-state index in [4.69, 9.17) is 10.5 Å². The monoisotopic (exact) mass is 191 g/mol. The van der Waals surface area contributed by atoms with Crippen molar-refractivity contribution in [3.8, 4) is 0 Å². The number of hydrogen-bond donors (Lipinski definition) is 1. The Hall–Kier alpha value is 0.270. The molecule has 0 saturated heterocycles. The second kappa shape index (κ2) is 7.90. The summed E-state index contributed by atoms with van der Waals surface area (Å²) in [5.74, 6) is 3.03. The summed E-state index contributed by atoms with van der Waals surface area (Å²) in [5, 5.41) is 0. The lowest BCUT2D eigenvalue weighted by Gasteiger charge is -2.10. The summed E-state index contributed by atoms with van der Waals surface area (Å²) in [6.45, 7) is 5.17. The van der Waals surface area contributed by atoms with Crippen molar-refractivity contribution in [3.63, 3.8) is 0 Å². The van der Waals surface area contributed by atoms with Gasteiger partial charge in [0.05, 0.1) is 6.61 Å². The predicted octanol–water partition coefficient (Wildman–Crippen LogP) is 1.74. The topological polar surface area (TPSA) is 35.2 Å². The van der Waals surface area contributed by atoms with Crippen molar-refractivity contribution >= 4 is 11.8 Å². The third-order valence-electron chi connectivity index (χ3n) is 1.55. The van der Waals surface area contributed by atoms with Crippen LogP contribution in [0.15, 0.2) is 0 Å². The van der Waals surface area contributed by atoms with E-state index in [9.17, 15) is 0 Å². The molecule has 0 bridgehead atoms. The van der Waals surface area contributed by atoms with Gasteiger partial charge in [-0.05, 0) is 18.1 Å². The maximum Gasteiger partial charge on any atom is 0.0621 e. The highest BCUT2D eigenvalue weighted by Crippen LogP contribution is 2.09. The highest BCUT2D eigenvalue weighted by atomic mass is 32.2. The molecular formula is C9H21NOS. The summed E-state index contributed by atoms with van der Waals surface area (Å²) in [7, 11) is 1.69. The van der Waals surface area contributed by atoms with Crippen molar-refractivity contribution in [2.45, 2.75) is 26.3 Å². The molecule has 0 aromatic carbocycles. The average Bonchev–Trinajstić information content (AvgIpc) is 1.98. The molecule has 0 amide bonds. The van der Waals surface area contributed by atoms with Crippen molar-refractivity contribution in [2.24, 2.45) is 11.7 Å². The molecule has 1 atom stereocenters. The lowest BCUT2D eigenvalue weighted by Crippen LogP contribution is -2.28. The zero-order valence-electron chi connectivity index (χ0n) is 8.38. The molecule has 0 aromatic rings. The molecule has 0 radical (unpaired) electrons. The molecule has 3 heteroatoms. The van der Waals surface area contributed by atoms with Crippen LogP contribution in [-0.2, 0) is 4.74 Å². The summed E-state index contributed by atoms with van der Waals surface area (Å²) in [5.41, 5.74) is 5.76. The second-order valence-electron chi connectivity index (χ2n) is 3.47. The molecule has 2 nitrogen and oxygen atoms in total. The molecule has 0 aromatic heterocycles. The number of ether oxygens (including phenoxy) is 1. The van der Waals surface area contributed by atoms with E-state index in [1.54, 1.807) is 7.11 Å². The highest BCUT2D eigenvalue weighted by molar-refractivity contribution is 7.99. The van der Waals surface area contributed by atoms with E-state index >= 15 is 0 Å². The maximum absolute atomic E-state index is 5.76. The van der Waals surface area contributed by atoms with Crippen LogP contribution in [0.4, 0.5) is 0 Å². The zero-order valence-corrected chi connectivity index (χ0v) is 9.19. The summed E-state index contributed by atoms with van der Waals surface area (Å²) >= 11 is 1.92. The number of rotatable bonds is 7. The number of methoxy groups -OCH3 is 1. The molecule has 0 aliphatic heterocycles. The Balaban J connectivity index is 3.08. The van der Waals surface area contributed by atoms with E-state index < -0.39 is 0 Å². The Morgan fingerprint density at radius 3 is 2.58 bits per heavy atom. The lowest BCUT2D eigenvalue weighted by molar-refractivity contribution is 0.186. The van der Waals surface area contributed by atoms with E-state index in [2.05, 4.69) is 13.8 Å². The molecule has 0 saturated carbocycles. The van der Waals surface area contributed by atoms with Crippen LogP contribution in [-0.4, -0.2) is 31.3 Å². The van der Waals surface area contributed by atoms with E-state index in [0.29, 0.717) is 6.61 Å². The smallest absolute Gasteiger partial charge is 0.0621 e. The molecule has 0 heterocycles. The summed E-state index contributed by atoms with van der Waals surface area (Å²) in [4.78, 5) is 0. The third-order valence-corrected chi connectivity index (χ3v) is 2.74. The first-order chi connectivity index (χ1) is 5.66. The van der Waals surface area contributed by atoms with Gasteiger partial charge in [0.2, 0.25) is 0 Å². The van der Waals surface area contributed by atoms with E-state index in [1.807, 2.05) is 11.8 Å². The number of nitrogens with two attached hydrogens (primary N) is 1. The summed E-state index contributed by atoms with van der Waals surface area (Å²) in [6, 6.07) is 0.201. The van der Waals surface area contributed by atoms with Gasteiger partial charge < -0.3 is 10.5 Å². The van der Waals surface area contributed by atoms with Crippen molar-refractivity contribution < 1.29 is 4.74 Å². The van der Waals surface area contributed by atoms with Gasteiger partial charge in [0.25, 0.3) is 0 Å².